The number of ether oxygens (including phenoxy) is 2. The largest absolute Gasteiger partial charge is 0.486 e. The smallest absolute Gasteiger partial charge is 0.167 e. The molecule has 3 rings (SSSR count). The molecular formula is C17H18O3. The number of aliphatic hydroxyl groups excluding tert-OH is 1. The van der Waals surface area contributed by atoms with Crippen LogP contribution in [0.2, 0.25) is 0 Å². The number of aryl methyl sites for hydroxylation is 1. The van der Waals surface area contributed by atoms with Gasteiger partial charge in [0.15, 0.2) is 11.5 Å². The van der Waals surface area contributed by atoms with Crippen molar-refractivity contribution >= 4 is 0 Å². The van der Waals surface area contributed by atoms with Crippen LogP contribution in [0, 0.1) is 0 Å². The van der Waals surface area contributed by atoms with Gasteiger partial charge in [-0.15, -0.1) is 0 Å². The van der Waals surface area contributed by atoms with Gasteiger partial charge in [0, 0.05) is 5.56 Å². The number of rotatable bonds is 3. The van der Waals surface area contributed by atoms with E-state index in [-0.39, 0.29) is 0 Å². The monoisotopic (exact) mass is 270 g/mol. The Bertz CT molecular complexity index is 607. The number of aliphatic hydroxyl groups is 1. The van der Waals surface area contributed by atoms with Gasteiger partial charge in [-0.1, -0.05) is 43.3 Å². The van der Waals surface area contributed by atoms with E-state index in [0.717, 1.165) is 17.5 Å². The van der Waals surface area contributed by atoms with Crippen molar-refractivity contribution in [1.29, 1.82) is 0 Å². The van der Waals surface area contributed by atoms with Crippen molar-refractivity contribution in [2.75, 3.05) is 13.2 Å². The Hall–Kier alpha value is -2.00. The molecule has 2 aromatic carbocycles. The lowest BCUT2D eigenvalue weighted by atomic mass is 9.98. The highest BCUT2D eigenvalue weighted by molar-refractivity contribution is 5.50. The van der Waals surface area contributed by atoms with Crippen molar-refractivity contribution in [2.45, 2.75) is 19.4 Å². The maximum atomic E-state index is 10.6. The average molecular weight is 270 g/mol. The first kappa shape index (κ1) is 13.0. The highest BCUT2D eigenvalue weighted by Crippen LogP contribution is 2.39. The second-order valence-corrected chi connectivity index (χ2v) is 4.87. The zero-order valence-corrected chi connectivity index (χ0v) is 11.5. The molecule has 2 aromatic rings. The molecule has 1 N–H and O–H groups in total. The van der Waals surface area contributed by atoms with E-state index in [4.69, 9.17) is 9.47 Å². The van der Waals surface area contributed by atoms with Gasteiger partial charge in [-0.2, -0.15) is 0 Å². The molecule has 3 heteroatoms. The first-order valence-corrected chi connectivity index (χ1v) is 6.95. The molecular weight excluding hydrogens is 252 g/mol. The molecule has 0 bridgehead atoms. The third-order valence-corrected chi connectivity index (χ3v) is 3.57. The molecule has 20 heavy (non-hydrogen) atoms. The summed E-state index contributed by atoms with van der Waals surface area (Å²) in [4.78, 5) is 0. The number of benzene rings is 2. The van der Waals surface area contributed by atoms with Crippen LogP contribution in [-0.4, -0.2) is 18.3 Å². The maximum Gasteiger partial charge on any atom is 0.167 e. The topological polar surface area (TPSA) is 38.7 Å². The molecule has 0 radical (unpaired) electrons. The maximum absolute atomic E-state index is 10.6. The third-order valence-electron chi connectivity index (χ3n) is 3.57. The van der Waals surface area contributed by atoms with Gasteiger partial charge in [-0.05, 0) is 23.6 Å². The minimum atomic E-state index is -0.696. The summed E-state index contributed by atoms with van der Waals surface area (Å²) in [6.07, 6.45) is 0.255. The number of hydrogen-bond donors (Lipinski definition) is 1. The van der Waals surface area contributed by atoms with Crippen LogP contribution < -0.4 is 9.47 Å². The summed E-state index contributed by atoms with van der Waals surface area (Å²) < 4.78 is 11.2. The van der Waals surface area contributed by atoms with E-state index in [1.54, 1.807) is 0 Å². The lowest BCUT2D eigenvalue weighted by Crippen LogP contribution is -2.17. The predicted octanol–water partition coefficient (Wildman–Crippen LogP) is 3.10. The molecule has 0 spiro atoms. The second kappa shape index (κ2) is 5.55. The molecule has 1 aliphatic heterocycles. The highest BCUT2D eigenvalue weighted by Gasteiger charge is 2.21. The van der Waals surface area contributed by atoms with Crippen molar-refractivity contribution in [3.63, 3.8) is 0 Å². The summed E-state index contributed by atoms with van der Waals surface area (Å²) >= 11 is 0. The average Bonchev–Trinajstić information content (AvgIpc) is 2.53. The number of para-hydroxylation sites is 1. The summed E-state index contributed by atoms with van der Waals surface area (Å²) in [6.45, 7) is 3.18. The lowest BCUT2D eigenvalue weighted by Gasteiger charge is -2.23. The van der Waals surface area contributed by atoms with Gasteiger partial charge in [0.25, 0.3) is 0 Å². The van der Waals surface area contributed by atoms with Crippen molar-refractivity contribution in [3.8, 4) is 11.5 Å². The third kappa shape index (κ3) is 2.37. The van der Waals surface area contributed by atoms with Crippen molar-refractivity contribution in [1.82, 2.24) is 0 Å². The van der Waals surface area contributed by atoms with Crippen molar-refractivity contribution in [2.24, 2.45) is 0 Å². The summed E-state index contributed by atoms with van der Waals surface area (Å²) in [5.74, 6) is 1.37. The van der Waals surface area contributed by atoms with Gasteiger partial charge < -0.3 is 14.6 Å². The van der Waals surface area contributed by atoms with Gasteiger partial charge in [0.2, 0.25) is 0 Å². The fourth-order valence-electron chi connectivity index (χ4n) is 2.47. The molecule has 0 saturated heterocycles. The fourth-order valence-corrected chi connectivity index (χ4v) is 2.47. The molecule has 1 aliphatic rings. The molecule has 1 unspecified atom stereocenters. The Labute approximate surface area is 118 Å². The van der Waals surface area contributed by atoms with E-state index in [0.29, 0.717) is 24.7 Å². The molecule has 0 aromatic heterocycles. The van der Waals surface area contributed by atoms with Crippen LogP contribution in [-0.2, 0) is 6.42 Å². The van der Waals surface area contributed by atoms with Crippen LogP contribution in [0.15, 0.2) is 42.5 Å². The van der Waals surface area contributed by atoms with Gasteiger partial charge in [-0.3, -0.25) is 0 Å². The van der Waals surface area contributed by atoms with E-state index in [2.05, 4.69) is 13.0 Å². The molecule has 0 fully saturated rings. The summed E-state index contributed by atoms with van der Waals surface area (Å²) in [5.41, 5.74) is 2.85. The SMILES string of the molecule is CCc1cccc(C(O)c2cccc3c2OCCO3)c1. The summed E-state index contributed by atoms with van der Waals surface area (Å²) in [7, 11) is 0. The minimum absolute atomic E-state index is 0.520. The first-order valence-electron chi connectivity index (χ1n) is 6.95. The van der Waals surface area contributed by atoms with Gasteiger partial charge in [0.1, 0.15) is 19.3 Å². The fraction of sp³-hybridized carbons (Fsp3) is 0.294. The van der Waals surface area contributed by atoms with Crippen LogP contribution in [0.1, 0.15) is 29.7 Å². The van der Waals surface area contributed by atoms with Gasteiger partial charge >= 0.3 is 0 Å². The first-order chi connectivity index (χ1) is 9.79. The summed E-state index contributed by atoms with van der Waals surface area (Å²) in [5, 5.41) is 10.6. The Morgan fingerprint density at radius 2 is 1.90 bits per heavy atom. The van der Waals surface area contributed by atoms with Gasteiger partial charge in [-0.25, -0.2) is 0 Å². The Morgan fingerprint density at radius 3 is 2.75 bits per heavy atom. The molecule has 1 heterocycles. The quantitative estimate of drug-likeness (QED) is 0.931. The standard InChI is InChI=1S/C17H18O3/c1-2-12-5-3-6-13(11-12)16(18)14-7-4-8-15-17(14)20-10-9-19-15/h3-8,11,16,18H,2,9-10H2,1H3. The molecule has 104 valence electrons. The second-order valence-electron chi connectivity index (χ2n) is 4.87. The molecule has 3 nitrogen and oxygen atoms in total. The van der Waals surface area contributed by atoms with Gasteiger partial charge in [0.05, 0.1) is 0 Å². The van der Waals surface area contributed by atoms with E-state index in [1.807, 2.05) is 36.4 Å². The van der Waals surface area contributed by atoms with Crippen LogP contribution in [0.25, 0.3) is 0 Å². The van der Waals surface area contributed by atoms with E-state index >= 15 is 0 Å². The van der Waals surface area contributed by atoms with Crippen LogP contribution in [0.3, 0.4) is 0 Å². The zero-order valence-electron chi connectivity index (χ0n) is 11.5. The minimum Gasteiger partial charge on any atom is -0.486 e. The van der Waals surface area contributed by atoms with Crippen LogP contribution in [0.5, 0.6) is 11.5 Å². The number of hydrogen-bond acceptors (Lipinski definition) is 3. The zero-order chi connectivity index (χ0) is 13.9. The van der Waals surface area contributed by atoms with E-state index in [1.165, 1.54) is 5.56 Å². The van der Waals surface area contributed by atoms with E-state index in [9.17, 15) is 5.11 Å². The highest BCUT2D eigenvalue weighted by atomic mass is 16.6. The summed E-state index contributed by atoms with van der Waals surface area (Å²) in [6, 6.07) is 13.7. The molecule has 0 saturated carbocycles. The van der Waals surface area contributed by atoms with Crippen molar-refractivity contribution in [3.05, 3.63) is 59.2 Å². The Kier molecular flexibility index (Phi) is 3.61. The molecule has 0 aliphatic carbocycles. The Morgan fingerprint density at radius 1 is 1.10 bits per heavy atom. The lowest BCUT2D eigenvalue weighted by molar-refractivity contribution is 0.158. The normalized spacial score (nSPS) is 14.9. The van der Waals surface area contributed by atoms with E-state index < -0.39 is 6.10 Å². The number of fused-ring (bicyclic) bond motifs is 1. The van der Waals surface area contributed by atoms with Crippen LogP contribution in [0.4, 0.5) is 0 Å². The Balaban J connectivity index is 1.99. The predicted molar refractivity (Wildman–Crippen MR) is 77.3 cm³/mol. The molecule has 1 atom stereocenters. The van der Waals surface area contributed by atoms with Crippen molar-refractivity contribution < 1.29 is 14.6 Å². The van der Waals surface area contributed by atoms with Crippen LogP contribution >= 0.6 is 0 Å². The molecule has 0 amide bonds.